The molecule has 30 heavy (non-hydrogen) atoms. The lowest BCUT2D eigenvalue weighted by molar-refractivity contribution is -0.171. The summed E-state index contributed by atoms with van der Waals surface area (Å²) in [6, 6.07) is 4.38. The summed E-state index contributed by atoms with van der Waals surface area (Å²) in [5, 5.41) is 0. The van der Waals surface area contributed by atoms with Gasteiger partial charge in [0.2, 0.25) is 0 Å². The number of hydrogen-bond donors (Lipinski definition) is 0. The maximum absolute atomic E-state index is 13.2. The first-order chi connectivity index (χ1) is 13.8. The average molecular weight is 430 g/mol. The second-order valence-electron chi connectivity index (χ2n) is 7.91. The van der Waals surface area contributed by atoms with Gasteiger partial charge in [-0.15, -0.1) is 0 Å². The molecular weight excluding hydrogens is 405 g/mol. The van der Waals surface area contributed by atoms with E-state index in [0.717, 1.165) is 0 Å². The number of benzene rings is 1. The first-order valence-electron chi connectivity index (χ1n) is 9.40. The van der Waals surface area contributed by atoms with E-state index < -0.39 is 35.8 Å². The summed E-state index contributed by atoms with van der Waals surface area (Å²) < 4.78 is 49.6. The third-order valence-corrected chi connectivity index (χ3v) is 4.51. The smallest absolute Gasteiger partial charge is 0.465 e. The number of piperidine rings is 1. The molecule has 1 saturated heterocycles. The fraction of sp³-hybridized carbons (Fsp3) is 0.550. The van der Waals surface area contributed by atoms with E-state index in [1.165, 1.54) is 36.3 Å². The van der Waals surface area contributed by atoms with E-state index >= 15 is 0 Å². The van der Waals surface area contributed by atoms with Crippen molar-refractivity contribution in [2.75, 3.05) is 25.1 Å². The molecule has 0 N–H and O–H groups in total. The first kappa shape index (κ1) is 23.5. The SMILES string of the molecule is COC(=O)c1ccc(N(C(=O)C(F)(F)F)C2CCN(C(=O)OC(C)(C)C)CC2)cc1. The maximum Gasteiger partial charge on any atom is 0.471 e. The van der Waals surface area contributed by atoms with Crippen molar-refractivity contribution in [2.24, 2.45) is 0 Å². The van der Waals surface area contributed by atoms with E-state index in [-0.39, 0.29) is 37.2 Å². The number of alkyl halides is 3. The monoisotopic (exact) mass is 430 g/mol. The highest BCUT2D eigenvalue weighted by atomic mass is 19.4. The van der Waals surface area contributed by atoms with Gasteiger partial charge in [0, 0.05) is 24.8 Å². The molecular formula is C20H25F3N2O5. The van der Waals surface area contributed by atoms with E-state index in [1.807, 2.05) is 0 Å². The minimum absolute atomic E-state index is 0.0145. The van der Waals surface area contributed by atoms with Crippen molar-refractivity contribution < 1.29 is 37.0 Å². The van der Waals surface area contributed by atoms with Crippen molar-refractivity contribution in [2.45, 2.75) is 51.4 Å². The van der Waals surface area contributed by atoms with Gasteiger partial charge in [-0.1, -0.05) is 0 Å². The molecule has 10 heteroatoms. The minimum atomic E-state index is -5.07. The van der Waals surface area contributed by atoms with Crippen LogP contribution in [0.15, 0.2) is 24.3 Å². The lowest BCUT2D eigenvalue weighted by Gasteiger charge is -2.39. The molecule has 0 aromatic heterocycles. The zero-order valence-electron chi connectivity index (χ0n) is 17.3. The third-order valence-electron chi connectivity index (χ3n) is 4.51. The largest absolute Gasteiger partial charge is 0.471 e. The van der Waals surface area contributed by atoms with Gasteiger partial charge in [-0.2, -0.15) is 13.2 Å². The van der Waals surface area contributed by atoms with Crippen LogP contribution >= 0.6 is 0 Å². The number of esters is 1. The van der Waals surface area contributed by atoms with Gasteiger partial charge in [0.1, 0.15) is 5.60 Å². The Morgan fingerprint density at radius 3 is 2.00 bits per heavy atom. The van der Waals surface area contributed by atoms with Crippen LogP contribution in [-0.2, 0) is 14.3 Å². The van der Waals surface area contributed by atoms with Gasteiger partial charge in [0.25, 0.3) is 0 Å². The van der Waals surface area contributed by atoms with E-state index in [1.54, 1.807) is 20.8 Å². The number of carbonyl (C=O) groups excluding carboxylic acids is 3. The molecule has 0 spiro atoms. The Morgan fingerprint density at radius 1 is 1.03 bits per heavy atom. The molecule has 0 bridgehead atoms. The van der Waals surface area contributed by atoms with Gasteiger partial charge in [-0.25, -0.2) is 9.59 Å². The molecule has 1 heterocycles. The van der Waals surface area contributed by atoms with Crippen LogP contribution in [0.2, 0.25) is 0 Å². The van der Waals surface area contributed by atoms with Crippen molar-refractivity contribution in [3.63, 3.8) is 0 Å². The normalized spacial score (nSPS) is 15.5. The average Bonchev–Trinajstić information content (AvgIpc) is 2.66. The number of ether oxygens (including phenoxy) is 2. The zero-order valence-corrected chi connectivity index (χ0v) is 17.3. The van der Waals surface area contributed by atoms with Crippen molar-refractivity contribution in [3.05, 3.63) is 29.8 Å². The fourth-order valence-corrected chi connectivity index (χ4v) is 3.14. The highest BCUT2D eigenvalue weighted by molar-refractivity contribution is 5.98. The Bertz CT molecular complexity index is 779. The molecule has 2 rings (SSSR count). The molecule has 0 unspecified atom stereocenters. The van der Waals surface area contributed by atoms with Gasteiger partial charge in [-0.05, 0) is 57.9 Å². The van der Waals surface area contributed by atoms with Crippen LogP contribution in [0.25, 0.3) is 0 Å². The number of methoxy groups -OCH3 is 1. The molecule has 1 aliphatic heterocycles. The molecule has 0 aliphatic carbocycles. The summed E-state index contributed by atoms with van der Waals surface area (Å²) in [6.07, 6.45) is -5.31. The predicted octanol–water partition coefficient (Wildman–Crippen LogP) is 3.77. The number of nitrogens with zero attached hydrogens (tertiary/aromatic N) is 2. The highest BCUT2D eigenvalue weighted by Gasteiger charge is 2.46. The molecule has 1 aromatic rings. The van der Waals surface area contributed by atoms with Gasteiger partial charge in [0.15, 0.2) is 0 Å². The lowest BCUT2D eigenvalue weighted by atomic mass is 10.0. The Labute approximate surface area is 172 Å². The van der Waals surface area contributed by atoms with Crippen molar-refractivity contribution in [1.82, 2.24) is 4.90 Å². The van der Waals surface area contributed by atoms with Gasteiger partial charge in [0.05, 0.1) is 12.7 Å². The molecule has 2 amide bonds. The zero-order chi connectivity index (χ0) is 22.7. The van der Waals surface area contributed by atoms with Crippen LogP contribution in [0, 0.1) is 0 Å². The number of likely N-dealkylation sites (tertiary alicyclic amines) is 1. The predicted molar refractivity (Wildman–Crippen MR) is 102 cm³/mol. The van der Waals surface area contributed by atoms with Crippen LogP contribution < -0.4 is 4.90 Å². The van der Waals surface area contributed by atoms with Crippen LogP contribution in [-0.4, -0.2) is 60.9 Å². The third kappa shape index (κ3) is 5.87. The molecule has 1 aliphatic rings. The van der Waals surface area contributed by atoms with E-state index in [0.29, 0.717) is 4.90 Å². The molecule has 0 atom stereocenters. The van der Waals surface area contributed by atoms with E-state index in [4.69, 9.17) is 4.74 Å². The summed E-state index contributed by atoms with van der Waals surface area (Å²) >= 11 is 0. The summed E-state index contributed by atoms with van der Waals surface area (Å²) in [6.45, 7) is 5.47. The molecule has 166 valence electrons. The lowest BCUT2D eigenvalue weighted by Crippen LogP contribution is -2.53. The van der Waals surface area contributed by atoms with Crippen molar-refractivity contribution >= 4 is 23.7 Å². The standard InChI is InChI=1S/C20H25F3N2O5/c1-19(2,3)30-18(28)24-11-9-15(10-12-24)25(17(27)20(21,22)23)14-7-5-13(6-8-14)16(26)29-4/h5-8,15H,9-12H2,1-4H3. The fourth-order valence-electron chi connectivity index (χ4n) is 3.14. The number of hydrogen-bond acceptors (Lipinski definition) is 5. The highest BCUT2D eigenvalue weighted by Crippen LogP contribution is 2.30. The Kier molecular flexibility index (Phi) is 6.99. The molecule has 1 fully saturated rings. The van der Waals surface area contributed by atoms with E-state index in [2.05, 4.69) is 4.74 Å². The number of carbonyl (C=O) groups is 3. The number of amides is 2. The topological polar surface area (TPSA) is 76.2 Å². The maximum atomic E-state index is 13.2. The summed E-state index contributed by atoms with van der Waals surface area (Å²) in [7, 11) is 1.19. The quantitative estimate of drug-likeness (QED) is 0.683. The van der Waals surface area contributed by atoms with E-state index in [9.17, 15) is 27.6 Å². The number of halogens is 3. The second-order valence-corrected chi connectivity index (χ2v) is 7.91. The summed E-state index contributed by atoms with van der Waals surface area (Å²) in [5.74, 6) is -2.63. The summed E-state index contributed by atoms with van der Waals surface area (Å²) in [5.41, 5.74) is -0.519. The summed E-state index contributed by atoms with van der Waals surface area (Å²) in [4.78, 5) is 38.0. The Balaban J connectivity index is 2.20. The van der Waals surface area contributed by atoms with Gasteiger partial charge < -0.3 is 19.3 Å². The van der Waals surface area contributed by atoms with Crippen LogP contribution in [0.3, 0.4) is 0 Å². The first-order valence-corrected chi connectivity index (χ1v) is 9.40. The molecule has 0 radical (unpaired) electrons. The number of anilines is 1. The van der Waals surface area contributed by atoms with Crippen molar-refractivity contribution in [1.29, 1.82) is 0 Å². The molecule has 7 nitrogen and oxygen atoms in total. The van der Waals surface area contributed by atoms with Gasteiger partial charge in [-0.3, -0.25) is 4.79 Å². The van der Waals surface area contributed by atoms with Gasteiger partial charge >= 0.3 is 24.1 Å². The van der Waals surface area contributed by atoms with Crippen LogP contribution in [0.1, 0.15) is 44.0 Å². The Hall–Kier alpha value is -2.78. The van der Waals surface area contributed by atoms with Crippen LogP contribution in [0.4, 0.5) is 23.7 Å². The molecule has 0 saturated carbocycles. The van der Waals surface area contributed by atoms with Crippen molar-refractivity contribution in [3.8, 4) is 0 Å². The second kappa shape index (κ2) is 8.93. The van der Waals surface area contributed by atoms with Crippen LogP contribution in [0.5, 0.6) is 0 Å². The minimum Gasteiger partial charge on any atom is -0.465 e. The number of rotatable bonds is 3. The Morgan fingerprint density at radius 2 is 1.57 bits per heavy atom. The molecule has 1 aromatic carbocycles.